The van der Waals surface area contributed by atoms with Crippen LogP contribution in [0.5, 0.6) is 0 Å². The monoisotopic (exact) mass is 374 g/mol. The molecule has 0 saturated heterocycles. The maximum absolute atomic E-state index is 12.3. The van der Waals surface area contributed by atoms with Crippen molar-refractivity contribution < 1.29 is 4.79 Å². The number of unbranched alkanes of at least 4 members (excludes halogenated alkanes) is 3. The van der Waals surface area contributed by atoms with Gasteiger partial charge in [-0.05, 0) is 48.1 Å². The van der Waals surface area contributed by atoms with Crippen LogP contribution in [0.2, 0.25) is 0 Å². The SMILES string of the molecule is CCCCCCc1ccc(/C(C)=C/C(=O)NCc2c[nH]c3ccccc23)cc1. The highest BCUT2D eigenvalue weighted by Crippen LogP contribution is 2.18. The van der Waals surface area contributed by atoms with Crippen LogP contribution >= 0.6 is 0 Å². The minimum absolute atomic E-state index is 0.0635. The summed E-state index contributed by atoms with van der Waals surface area (Å²) in [5, 5.41) is 4.14. The zero-order valence-electron chi connectivity index (χ0n) is 16.9. The lowest BCUT2D eigenvalue weighted by molar-refractivity contribution is -0.116. The number of amides is 1. The molecule has 0 unspecified atom stereocenters. The Labute approximate surface area is 167 Å². The Morgan fingerprint density at radius 3 is 2.61 bits per heavy atom. The predicted molar refractivity (Wildman–Crippen MR) is 118 cm³/mol. The van der Waals surface area contributed by atoms with Crippen LogP contribution in [0.1, 0.15) is 56.2 Å². The highest BCUT2D eigenvalue weighted by atomic mass is 16.1. The first kappa shape index (κ1) is 19.9. The molecule has 0 aliphatic carbocycles. The van der Waals surface area contributed by atoms with Crippen LogP contribution in [0.4, 0.5) is 0 Å². The van der Waals surface area contributed by atoms with E-state index in [0.717, 1.165) is 34.0 Å². The molecule has 2 N–H and O–H groups in total. The lowest BCUT2D eigenvalue weighted by Gasteiger charge is -2.06. The number of H-pyrrole nitrogens is 1. The van der Waals surface area contributed by atoms with Crippen molar-refractivity contribution >= 4 is 22.4 Å². The third-order valence-corrected chi connectivity index (χ3v) is 5.20. The molecule has 0 atom stereocenters. The maximum Gasteiger partial charge on any atom is 0.244 e. The van der Waals surface area contributed by atoms with Gasteiger partial charge >= 0.3 is 0 Å². The van der Waals surface area contributed by atoms with Gasteiger partial charge in [-0.3, -0.25) is 4.79 Å². The first-order chi connectivity index (χ1) is 13.7. The number of nitrogens with one attached hydrogen (secondary N) is 2. The van der Waals surface area contributed by atoms with Gasteiger partial charge in [-0.2, -0.15) is 0 Å². The van der Waals surface area contributed by atoms with E-state index in [4.69, 9.17) is 0 Å². The number of aromatic amines is 1. The summed E-state index contributed by atoms with van der Waals surface area (Å²) in [6.07, 6.45) is 9.91. The Balaban J connectivity index is 1.54. The molecule has 146 valence electrons. The minimum atomic E-state index is -0.0635. The second-order valence-electron chi connectivity index (χ2n) is 7.41. The Kier molecular flexibility index (Phi) is 7.07. The molecule has 28 heavy (non-hydrogen) atoms. The molecule has 3 heteroatoms. The van der Waals surface area contributed by atoms with Crippen molar-refractivity contribution in [3.05, 3.63) is 77.5 Å². The molecule has 1 heterocycles. The summed E-state index contributed by atoms with van der Waals surface area (Å²) in [6.45, 7) is 4.74. The summed E-state index contributed by atoms with van der Waals surface area (Å²) in [6, 6.07) is 16.7. The van der Waals surface area contributed by atoms with Crippen LogP contribution in [-0.2, 0) is 17.8 Å². The maximum atomic E-state index is 12.3. The van der Waals surface area contributed by atoms with Gasteiger partial charge in [0.25, 0.3) is 0 Å². The molecule has 0 aliphatic heterocycles. The average Bonchev–Trinajstić information content (AvgIpc) is 3.13. The van der Waals surface area contributed by atoms with Gasteiger partial charge in [0.1, 0.15) is 0 Å². The largest absolute Gasteiger partial charge is 0.361 e. The lowest BCUT2D eigenvalue weighted by Crippen LogP contribution is -2.20. The predicted octanol–water partition coefficient (Wildman–Crippen LogP) is 6.01. The molecule has 1 aromatic heterocycles. The van der Waals surface area contributed by atoms with Crippen molar-refractivity contribution in [1.29, 1.82) is 0 Å². The van der Waals surface area contributed by atoms with E-state index in [1.165, 1.54) is 31.2 Å². The number of fused-ring (bicyclic) bond motifs is 1. The van der Waals surface area contributed by atoms with E-state index >= 15 is 0 Å². The van der Waals surface area contributed by atoms with Gasteiger partial charge in [-0.1, -0.05) is 68.7 Å². The molecule has 0 aliphatic rings. The molecule has 2 aromatic carbocycles. The molecule has 0 spiro atoms. The van der Waals surface area contributed by atoms with E-state index in [1.54, 1.807) is 6.08 Å². The molecule has 0 radical (unpaired) electrons. The second-order valence-corrected chi connectivity index (χ2v) is 7.41. The Hall–Kier alpha value is -2.81. The van der Waals surface area contributed by atoms with Gasteiger partial charge in [0.15, 0.2) is 0 Å². The van der Waals surface area contributed by atoms with Gasteiger partial charge in [0, 0.05) is 29.7 Å². The summed E-state index contributed by atoms with van der Waals surface area (Å²) in [5.74, 6) is -0.0635. The Morgan fingerprint density at radius 2 is 1.82 bits per heavy atom. The van der Waals surface area contributed by atoms with Crippen molar-refractivity contribution in [2.75, 3.05) is 0 Å². The van der Waals surface area contributed by atoms with Crippen LogP contribution in [-0.4, -0.2) is 10.9 Å². The van der Waals surface area contributed by atoms with E-state index in [2.05, 4.69) is 47.6 Å². The zero-order valence-corrected chi connectivity index (χ0v) is 16.9. The lowest BCUT2D eigenvalue weighted by atomic mass is 10.0. The number of allylic oxidation sites excluding steroid dienone is 1. The summed E-state index contributed by atoms with van der Waals surface area (Å²) < 4.78 is 0. The summed E-state index contributed by atoms with van der Waals surface area (Å²) in [5.41, 5.74) is 5.64. The van der Waals surface area contributed by atoms with Crippen LogP contribution in [0.25, 0.3) is 16.5 Å². The molecular formula is C25H30N2O. The van der Waals surface area contributed by atoms with E-state index < -0.39 is 0 Å². The molecule has 1 amide bonds. The summed E-state index contributed by atoms with van der Waals surface area (Å²) in [7, 11) is 0. The number of hydrogen-bond acceptors (Lipinski definition) is 1. The number of carbonyl (C=O) groups excluding carboxylic acids is 1. The third-order valence-electron chi connectivity index (χ3n) is 5.20. The fourth-order valence-corrected chi connectivity index (χ4v) is 3.48. The van der Waals surface area contributed by atoms with Gasteiger partial charge in [-0.25, -0.2) is 0 Å². The molecule has 3 aromatic rings. The fourth-order valence-electron chi connectivity index (χ4n) is 3.48. The van der Waals surface area contributed by atoms with Crippen LogP contribution in [0, 0.1) is 0 Å². The summed E-state index contributed by atoms with van der Waals surface area (Å²) >= 11 is 0. The van der Waals surface area contributed by atoms with Gasteiger partial charge < -0.3 is 10.3 Å². The molecule has 0 saturated carbocycles. The van der Waals surface area contributed by atoms with E-state index in [1.807, 2.05) is 31.3 Å². The third kappa shape index (κ3) is 5.35. The number of rotatable bonds is 9. The normalized spacial score (nSPS) is 11.7. The quantitative estimate of drug-likeness (QED) is 0.349. The first-order valence-electron chi connectivity index (χ1n) is 10.3. The number of para-hydroxylation sites is 1. The van der Waals surface area contributed by atoms with Gasteiger partial charge in [0.2, 0.25) is 5.91 Å². The molecule has 0 bridgehead atoms. The van der Waals surface area contributed by atoms with Crippen molar-refractivity contribution in [3.8, 4) is 0 Å². The van der Waals surface area contributed by atoms with Crippen molar-refractivity contribution in [2.24, 2.45) is 0 Å². The van der Waals surface area contributed by atoms with E-state index in [9.17, 15) is 4.79 Å². The topological polar surface area (TPSA) is 44.9 Å². The highest BCUT2D eigenvalue weighted by molar-refractivity contribution is 5.95. The average molecular weight is 375 g/mol. The Morgan fingerprint density at radius 1 is 1.04 bits per heavy atom. The molecular weight excluding hydrogens is 344 g/mol. The minimum Gasteiger partial charge on any atom is -0.361 e. The molecule has 3 nitrogen and oxygen atoms in total. The fraction of sp³-hybridized carbons (Fsp3) is 0.320. The van der Waals surface area contributed by atoms with E-state index in [0.29, 0.717) is 6.54 Å². The standard InChI is InChI=1S/C25H30N2O/c1-3-4-5-6-9-20-12-14-21(15-13-20)19(2)16-25(28)27-18-22-17-26-24-11-8-7-10-23(22)24/h7-8,10-17,26H,3-6,9,18H2,1-2H3,(H,27,28)/b19-16+. The highest BCUT2D eigenvalue weighted by Gasteiger charge is 2.05. The van der Waals surface area contributed by atoms with E-state index in [-0.39, 0.29) is 5.91 Å². The summed E-state index contributed by atoms with van der Waals surface area (Å²) in [4.78, 5) is 15.6. The first-order valence-corrected chi connectivity index (χ1v) is 10.3. The van der Waals surface area contributed by atoms with Crippen LogP contribution in [0.15, 0.2) is 60.8 Å². The number of benzene rings is 2. The van der Waals surface area contributed by atoms with Gasteiger partial charge in [-0.15, -0.1) is 0 Å². The smallest absolute Gasteiger partial charge is 0.244 e. The Bertz CT molecular complexity index is 935. The van der Waals surface area contributed by atoms with Crippen LogP contribution in [0.3, 0.4) is 0 Å². The number of aryl methyl sites for hydroxylation is 1. The number of aromatic nitrogens is 1. The van der Waals surface area contributed by atoms with Crippen molar-refractivity contribution in [1.82, 2.24) is 10.3 Å². The van der Waals surface area contributed by atoms with Crippen molar-refractivity contribution in [2.45, 2.75) is 52.5 Å². The zero-order chi connectivity index (χ0) is 19.8. The molecule has 3 rings (SSSR count). The van der Waals surface area contributed by atoms with Crippen LogP contribution < -0.4 is 5.32 Å². The number of hydrogen-bond donors (Lipinski definition) is 2. The molecule has 0 fully saturated rings. The second kappa shape index (κ2) is 9.93. The van der Waals surface area contributed by atoms with Gasteiger partial charge in [0.05, 0.1) is 0 Å². The number of carbonyl (C=O) groups is 1. The van der Waals surface area contributed by atoms with Crippen molar-refractivity contribution in [3.63, 3.8) is 0 Å².